The number of carbonyl (C=O) groups is 1. The van der Waals surface area contributed by atoms with Gasteiger partial charge in [-0.1, -0.05) is 5.16 Å². The molecule has 6 heteroatoms. The van der Waals surface area contributed by atoms with Crippen LogP contribution in [0.2, 0.25) is 0 Å². The van der Waals surface area contributed by atoms with Crippen molar-refractivity contribution >= 4 is 11.7 Å². The molecule has 0 bridgehead atoms. The highest BCUT2D eigenvalue weighted by atomic mass is 16.5. The number of nitrogens with zero attached hydrogens (tertiary/aromatic N) is 3. The third kappa shape index (κ3) is 3.37. The van der Waals surface area contributed by atoms with Crippen LogP contribution in [0.4, 0.5) is 5.69 Å². The van der Waals surface area contributed by atoms with Crippen molar-refractivity contribution < 1.29 is 14.4 Å². The molecule has 2 aromatic rings. The molecule has 1 fully saturated rings. The minimum Gasteiger partial charge on any atom is -0.476 e. The van der Waals surface area contributed by atoms with E-state index in [4.69, 9.17) is 9.63 Å². The summed E-state index contributed by atoms with van der Waals surface area (Å²) in [4.78, 5) is 15.7. The van der Waals surface area contributed by atoms with Gasteiger partial charge in [-0.3, -0.25) is 4.90 Å². The zero-order chi connectivity index (χ0) is 16.4. The van der Waals surface area contributed by atoms with Crippen molar-refractivity contribution in [2.45, 2.75) is 19.9 Å². The van der Waals surface area contributed by atoms with Crippen LogP contribution in [0.3, 0.4) is 0 Å². The van der Waals surface area contributed by atoms with Crippen LogP contribution in [0.1, 0.15) is 24.3 Å². The van der Waals surface area contributed by atoms with E-state index in [9.17, 15) is 4.79 Å². The average Bonchev–Trinajstić information content (AvgIpc) is 3.05. The molecule has 0 spiro atoms. The first-order valence-corrected chi connectivity index (χ1v) is 7.84. The fourth-order valence-electron chi connectivity index (χ4n) is 2.85. The Hall–Kier alpha value is -2.34. The minimum atomic E-state index is -1.08. The molecule has 1 aromatic carbocycles. The second-order valence-electron chi connectivity index (χ2n) is 6.05. The number of rotatable bonds is 4. The van der Waals surface area contributed by atoms with Crippen molar-refractivity contribution in [3.63, 3.8) is 0 Å². The molecule has 6 nitrogen and oxygen atoms in total. The van der Waals surface area contributed by atoms with Gasteiger partial charge in [0.1, 0.15) is 0 Å². The first kappa shape index (κ1) is 15.6. The Balaban J connectivity index is 1.69. The first-order valence-electron chi connectivity index (χ1n) is 7.84. The highest BCUT2D eigenvalue weighted by Gasteiger charge is 2.19. The SMILES string of the molecule is CC(C)N1CCN(c2ccc(-c3cc(C(=O)O)no3)cc2)CC1. The second-order valence-corrected chi connectivity index (χ2v) is 6.05. The number of carboxylic acid groups (broad SMARTS) is 1. The molecule has 1 aromatic heterocycles. The van der Waals surface area contributed by atoms with Crippen LogP contribution in [0.15, 0.2) is 34.9 Å². The van der Waals surface area contributed by atoms with E-state index in [0.717, 1.165) is 31.7 Å². The monoisotopic (exact) mass is 315 g/mol. The Morgan fingerprint density at radius 2 is 1.83 bits per heavy atom. The lowest BCUT2D eigenvalue weighted by Crippen LogP contribution is -2.48. The van der Waals surface area contributed by atoms with E-state index < -0.39 is 5.97 Å². The van der Waals surface area contributed by atoms with Gasteiger partial charge in [0, 0.05) is 49.5 Å². The fourth-order valence-corrected chi connectivity index (χ4v) is 2.85. The van der Waals surface area contributed by atoms with Crippen LogP contribution >= 0.6 is 0 Å². The summed E-state index contributed by atoms with van der Waals surface area (Å²) in [5, 5.41) is 12.4. The first-order chi connectivity index (χ1) is 11.0. The summed E-state index contributed by atoms with van der Waals surface area (Å²) in [6, 6.07) is 10.0. The van der Waals surface area contributed by atoms with E-state index in [1.54, 1.807) is 0 Å². The van der Waals surface area contributed by atoms with Crippen molar-refractivity contribution in [1.29, 1.82) is 0 Å². The number of piperazine rings is 1. The Labute approximate surface area is 135 Å². The summed E-state index contributed by atoms with van der Waals surface area (Å²) < 4.78 is 5.09. The largest absolute Gasteiger partial charge is 0.476 e. The standard InChI is InChI=1S/C17H21N3O3/c1-12(2)19-7-9-20(10-8-19)14-5-3-13(4-6-14)16-11-15(17(21)22)18-23-16/h3-6,11-12H,7-10H2,1-2H3,(H,21,22). The summed E-state index contributed by atoms with van der Waals surface area (Å²) in [5.41, 5.74) is 1.93. The van der Waals surface area contributed by atoms with Gasteiger partial charge in [0.15, 0.2) is 11.5 Å². The van der Waals surface area contributed by atoms with Gasteiger partial charge in [0.05, 0.1) is 0 Å². The van der Waals surface area contributed by atoms with Gasteiger partial charge in [-0.15, -0.1) is 0 Å². The molecule has 0 atom stereocenters. The molecule has 0 radical (unpaired) electrons. The van der Waals surface area contributed by atoms with Gasteiger partial charge >= 0.3 is 5.97 Å². The highest BCUT2D eigenvalue weighted by molar-refractivity contribution is 5.86. The molecule has 1 saturated heterocycles. The molecule has 0 unspecified atom stereocenters. The average molecular weight is 315 g/mol. The van der Waals surface area contributed by atoms with Crippen molar-refractivity contribution in [3.8, 4) is 11.3 Å². The molecule has 0 amide bonds. The van der Waals surface area contributed by atoms with E-state index in [-0.39, 0.29) is 5.69 Å². The van der Waals surface area contributed by atoms with E-state index in [1.807, 2.05) is 24.3 Å². The van der Waals surface area contributed by atoms with Gasteiger partial charge in [0.25, 0.3) is 0 Å². The lowest BCUT2D eigenvalue weighted by atomic mass is 10.1. The zero-order valence-electron chi connectivity index (χ0n) is 13.4. The van der Waals surface area contributed by atoms with Gasteiger partial charge in [-0.05, 0) is 38.1 Å². The lowest BCUT2D eigenvalue weighted by Gasteiger charge is -2.38. The highest BCUT2D eigenvalue weighted by Crippen LogP contribution is 2.24. The molecular formula is C17H21N3O3. The molecule has 0 aliphatic carbocycles. The Morgan fingerprint density at radius 3 is 2.35 bits per heavy atom. The summed E-state index contributed by atoms with van der Waals surface area (Å²) in [7, 11) is 0. The number of benzene rings is 1. The normalized spacial score (nSPS) is 16.0. The van der Waals surface area contributed by atoms with Gasteiger partial charge in [-0.25, -0.2) is 4.79 Å². The van der Waals surface area contributed by atoms with Crippen LogP contribution in [-0.2, 0) is 0 Å². The minimum absolute atomic E-state index is 0.0751. The Morgan fingerprint density at radius 1 is 1.17 bits per heavy atom. The number of aromatic nitrogens is 1. The van der Waals surface area contributed by atoms with Crippen LogP contribution in [0, 0.1) is 0 Å². The summed E-state index contributed by atoms with van der Waals surface area (Å²) in [6.45, 7) is 8.64. The van der Waals surface area contributed by atoms with E-state index in [2.05, 4.69) is 28.8 Å². The van der Waals surface area contributed by atoms with E-state index in [0.29, 0.717) is 11.8 Å². The molecule has 1 N–H and O–H groups in total. The number of aromatic carboxylic acids is 1. The van der Waals surface area contributed by atoms with Crippen molar-refractivity contribution in [1.82, 2.24) is 10.1 Å². The van der Waals surface area contributed by atoms with Crippen LogP contribution in [0.25, 0.3) is 11.3 Å². The Kier molecular flexibility index (Phi) is 4.34. The van der Waals surface area contributed by atoms with Crippen molar-refractivity contribution in [3.05, 3.63) is 36.0 Å². The molecule has 2 heterocycles. The molecule has 23 heavy (non-hydrogen) atoms. The lowest BCUT2D eigenvalue weighted by molar-refractivity contribution is 0.0686. The second kappa shape index (κ2) is 6.42. The van der Waals surface area contributed by atoms with Crippen LogP contribution in [-0.4, -0.2) is 53.4 Å². The van der Waals surface area contributed by atoms with Crippen molar-refractivity contribution in [2.75, 3.05) is 31.1 Å². The molecule has 3 rings (SSSR count). The third-order valence-corrected chi connectivity index (χ3v) is 4.29. The van der Waals surface area contributed by atoms with E-state index >= 15 is 0 Å². The number of anilines is 1. The topological polar surface area (TPSA) is 69.8 Å². The number of hydrogen-bond acceptors (Lipinski definition) is 5. The summed E-state index contributed by atoms with van der Waals surface area (Å²) >= 11 is 0. The molecular weight excluding hydrogens is 294 g/mol. The number of carboxylic acids is 1. The van der Waals surface area contributed by atoms with Gasteiger partial charge in [0.2, 0.25) is 0 Å². The zero-order valence-corrected chi connectivity index (χ0v) is 13.4. The smallest absolute Gasteiger partial charge is 0.358 e. The third-order valence-electron chi connectivity index (χ3n) is 4.29. The predicted molar refractivity (Wildman–Crippen MR) is 87.8 cm³/mol. The number of hydrogen-bond donors (Lipinski definition) is 1. The van der Waals surface area contributed by atoms with Crippen LogP contribution in [0.5, 0.6) is 0 Å². The fraction of sp³-hybridized carbons (Fsp3) is 0.412. The molecule has 1 aliphatic rings. The Bertz CT molecular complexity index is 671. The van der Waals surface area contributed by atoms with Gasteiger partial charge in [-0.2, -0.15) is 0 Å². The predicted octanol–water partition coefficient (Wildman–Crippen LogP) is 2.57. The van der Waals surface area contributed by atoms with E-state index in [1.165, 1.54) is 11.8 Å². The quantitative estimate of drug-likeness (QED) is 0.935. The van der Waals surface area contributed by atoms with Crippen molar-refractivity contribution in [2.24, 2.45) is 0 Å². The molecule has 1 aliphatic heterocycles. The summed E-state index contributed by atoms with van der Waals surface area (Å²) in [5.74, 6) is -0.613. The molecule has 122 valence electrons. The van der Waals surface area contributed by atoms with Gasteiger partial charge < -0.3 is 14.5 Å². The maximum absolute atomic E-state index is 10.8. The maximum atomic E-state index is 10.8. The maximum Gasteiger partial charge on any atom is 0.358 e. The van der Waals surface area contributed by atoms with Crippen LogP contribution < -0.4 is 4.90 Å². The summed E-state index contributed by atoms with van der Waals surface area (Å²) in [6.07, 6.45) is 0. The molecule has 0 saturated carbocycles.